The van der Waals surface area contributed by atoms with E-state index in [-0.39, 0.29) is 18.4 Å². The van der Waals surface area contributed by atoms with E-state index in [1.165, 1.54) is 0 Å². The van der Waals surface area contributed by atoms with Gasteiger partial charge in [0.05, 0.1) is 17.5 Å². The summed E-state index contributed by atoms with van der Waals surface area (Å²) in [5.74, 6) is 0.709. The number of carbonyl (C=O) groups excluding carboxylic acids is 1. The van der Waals surface area contributed by atoms with Gasteiger partial charge in [-0.15, -0.1) is 0 Å². The molecule has 1 amide bonds. The Morgan fingerprint density at radius 1 is 1.14 bits per heavy atom. The monoisotopic (exact) mass is 392 g/mol. The fraction of sp³-hybridized carbons (Fsp3) is 0.364. The highest BCUT2D eigenvalue weighted by Gasteiger charge is 2.29. The number of pyridine rings is 3. The Labute approximate surface area is 168 Å². The number of carbonyl (C=O) groups is 1. The molecule has 4 rings (SSSR count). The Hall–Kier alpha value is -2.90. The van der Waals surface area contributed by atoms with E-state index in [2.05, 4.69) is 20.3 Å². The summed E-state index contributed by atoms with van der Waals surface area (Å²) in [6.07, 6.45) is 7.45. The Balaban J connectivity index is 1.56. The van der Waals surface area contributed by atoms with Crippen LogP contribution in [0.2, 0.25) is 0 Å². The molecule has 1 aliphatic carbocycles. The highest BCUT2D eigenvalue weighted by Crippen LogP contribution is 2.31. The van der Waals surface area contributed by atoms with Gasteiger partial charge in [0.1, 0.15) is 5.82 Å². The molecule has 0 saturated heterocycles. The minimum atomic E-state index is -0.687. The van der Waals surface area contributed by atoms with E-state index in [9.17, 15) is 9.90 Å². The predicted octanol–water partition coefficient (Wildman–Crippen LogP) is 3.15. The molecule has 3 aromatic rings. The fourth-order valence-corrected chi connectivity index (χ4v) is 3.29. The number of nitrogens with zero attached hydrogens (tertiary/aromatic N) is 3. The number of hydrogen-bond acceptors (Lipinski definition) is 6. The molecule has 1 saturated carbocycles. The Morgan fingerprint density at radius 2 is 1.90 bits per heavy atom. The maximum Gasteiger partial charge on any atom is 0.228 e. The minimum Gasteiger partial charge on any atom is -0.396 e. The van der Waals surface area contributed by atoms with Crippen molar-refractivity contribution in [3.8, 4) is 11.3 Å². The topological polar surface area (TPSA) is 108 Å². The van der Waals surface area contributed by atoms with Gasteiger partial charge >= 0.3 is 0 Å². The number of nitrogens with one attached hydrogen (secondary N) is 1. The summed E-state index contributed by atoms with van der Waals surface area (Å²) in [6, 6.07) is 5.64. The number of aliphatic hydroxyl groups excluding tert-OH is 2. The van der Waals surface area contributed by atoms with E-state index in [0.717, 1.165) is 40.4 Å². The van der Waals surface area contributed by atoms with Crippen molar-refractivity contribution >= 4 is 22.5 Å². The van der Waals surface area contributed by atoms with Crippen molar-refractivity contribution in [2.75, 3.05) is 11.9 Å². The Bertz CT molecular complexity index is 1050. The van der Waals surface area contributed by atoms with Crippen molar-refractivity contribution < 1.29 is 15.0 Å². The van der Waals surface area contributed by atoms with Crippen LogP contribution in [-0.2, 0) is 4.79 Å². The second-order valence-electron chi connectivity index (χ2n) is 7.56. The van der Waals surface area contributed by atoms with Crippen molar-refractivity contribution in [3.05, 3.63) is 48.0 Å². The molecule has 29 heavy (non-hydrogen) atoms. The molecule has 0 radical (unpaired) electrons. The zero-order valence-electron chi connectivity index (χ0n) is 16.3. The molecule has 3 heterocycles. The average molecular weight is 392 g/mol. The lowest BCUT2D eigenvalue weighted by Crippen LogP contribution is -2.14. The number of fused-ring (bicyclic) bond motifs is 1. The van der Waals surface area contributed by atoms with Crippen LogP contribution in [0.3, 0.4) is 0 Å². The third-order valence-corrected chi connectivity index (χ3v) is 5.19. The number of aliphatic hydroxyl groups is 2. The molecule has 1 aliphatic rings. The number of amides is 1. The van der Waals surface area contributed by atoms with Crippen LogP contribution in [0.15, 0.2) is 36.8 Å². The van der Waals surface area contributed by atoms with Gasteiger partial charge in [-0.25, -0.2) is 4.98 Å². The van der Waals surface area contributed by atoms with Crippen molar-refractivity contribution in [1.29, 1.82) is 0 Å². The van der Waals surface area contributed by atoms with Gasteiger partial charge in [0.25, 0.3) is 0 Å². The van der Waals surface area contributed by atoms with E-state index >= 15 is 0 Å². The van der Waals surface area contributed by atoms with Gasteiger partial charge < -0.3 is 15.5 Å². The van der Waals surface area contributed by atoms with Crippen molar-refractivity contribution in [2.45, 2.75) is 38.7 Å². The van der Waals surface area contributed by atoms with Crippen LogP contribution in [0.1, 0.15) is 43.0 Å². The van der Waals surface area contributed by atoms with E-state index in [1.54, 1.807) is 18.6 Å². The van der Waals surface area contributed by atoms with Gasteiger partial charge in [-0.05, 0) is 56.4 Å². The van der Waals surface area contributed by atoms with Gasteiger partial charge in [-0.1, -0.05) is 0 Å². The normalized spacial score (nSPS) is 14.7. The molecular weight excluding hydrogens is 368 g/mol. The first-order valence-electron chi connectivity index (χ1n) is 9.87. The van der Waals surface area contributed by atoms with Crippen molar-refractivity contribution in [1.82, 2.24) is 15.0 Å². The van der Waals surface area contributed by atoms with Crippen LogP contribution < -0.4 is 5.32 Å². The third kappa shape index (κ3) is 4.41. The lowest BCUT2D eigenvalue weighted by molar-refractivity contribution is -0.117. The highest BCUT2D eigenvalue weighted by molar-refractivity contribution is 5.95. The van der Waals surface area contributed by atoms with Crippen LogP contribution in [-0.4, -0.2) is 37.7 Å². The lowest BCUT2D eigenvalue weighted by Gasteiger charge is -2.12. The van der Waals surface area contributed by atoms with Crippen LogP contribution in [0.5, 0.6) is 0 Å². The summed E-state index contributed by atoms with van der Waals surface area (Å²) < 4.78 is 0. The van der Waals surface area contributed by atoms with Crippen LogP contribution in [0, 0.1) is 12.8 Å². The van der Waals surface area contributed by atoms with Gasteiger partial charge in [0, 0.05) is 47.5 Å². The van der Waals surface area contributed by atoms with E-state index in [4.69, 9.17) is 5.11 Å². The quantitative estimate of drug-likeness (QED) is 0.570. The zero-order valence-corrected chi connectivity index (χ0v) is 16.3. The second kappa shape index (κ2) is 8.23. The summed E-state index contributed by atoms with van der Waals surface area (Å²) in [6.45, 7) is 2.01. The first kappa shape index (κ1) is 19.4. The molecule has 0 bridgehead atoms. The molecule has 3 aromatic heterocycles. The standard InChI is InChI=1S/C22H24N4O3/c1-13-7-19(20(28)3-2-6-27)24-12-17(13)18-8-15-11-25-21(9-16(15)10-23-18)26-22(29)14-4-5-14/h7-12,14,20,27-28H,2-6H2,1H3,(H,25,26,29)/t20-/m0/s1. The van der Waals surface area contributed by atoms with Crippen LogP contribution >= 0.6 is 0 Å². The van der Waals surface area contributed by atoms with Gasteiger partial charge in [-0.2, -0.15) is 0 Å². The van der Waals surface area contributed by atoms with Crippen molar-refractivity contribution in [2.24, 2.45) is 5.92 Å². The molecule has 1 atom stereocenters. The maximum atomic E-state index is 11.9. The molecular formula is C22H24N4O3. The van der Waals surface area contributed by atoms with E-state index < -0.39 is 6.10 Å². The Kier molecular flexibility index (Phi) is 5.51. The van der Waals surface area contributed by atoms with Crippen LogP contribution in [0.4, 0.5) is 5.82 Å². The molecule has 0 aromatic carbocycles. The third-order valence-electron chi connectivity index (χ3n) is 5.19. The summed E-state index contributed by atoms with van der Waals surface area (Å²) in [4.78, 5) is 25.2. The molecule has 0 unspecified atom stereocenters. The average Bonchev–Trinajstić information content (AvgIpc) is 3.57. The Morgan fingerprint density at radius 3 is 2.62 bits per heavy atom. The molecule has 7 nitrogen and oxygen atoms in total. The molecule has 0 aliphatic heterocycles. The number of aromatic nitrogens is 3. The largest absolute Gasteiger partial charge is 0.396 e. The summed E-state index contributed by atoms with van der Waals surface area (Å²) in [5.41, 5.74) is 3.22. The number of anilines is 1. The molecule has 7 heteroatoms. The van der Waals surface area contributed by atoms with E-state index in [1.807, 2.05) is 25.1 Å². The summed E-state index contributed by atoms with van der Waals surface area (Å²) in [7, 11) is 0. The van der Waals surface area contributed by atoms with Gasteiger partial charge in [0.15, 0.2) is 0 Å². The fourth-order valence-electron chi connectivity index (χ4n) is 3.29. The number of rotatable bonds is 7. The van der Waals surface area contributed by atoms with Gasteiger partial charge in [0.2, 0.25) is 5.91 Å². The SMILES string of the molecule is Cc1cc([C@@H](O)CCCO)ncc1-c1cc2cnc(NC(=O)C3CC3)cc2cn1. The lowest BCUT2D eigenvalue weighted by atomic mass is 10.0. The molecule has 0 spiro atoms. The summed E-state index contributed by atoms with van der Waals surface area (Å²) in [5, 5.41) is 23.8. The predicted molar refractivity (Wildman–Crippen MR) is 110 cm³/mol. The molecule has 3 N–H and O–H groups in total. The van der Waals surface area contributed by atoms with Crippen molar-refractivity contribution in [3.63, 3.8) is 0 Å². The minimum absolute atomic E-state index is 0.0318. The number of hydrogen-bond donors (Lipinski definition) is 3. The molecule has 1 fully saturated rings. The smallest absolute Gasteiger partial charge is 0.228 e. The first-order valence-corrected chi connectivity index (χ1v) is 9.87. The van der Waals surface area contributed by atoms with E-state index in [0.29, 0.717) is 24.4 Å². The maximum absolute atomic E-state index is 11.9. The van der Waals surface area contributed by atoms with Crippen LogP contribution in [0.25, 0.3) is 22.0 Å². The first-order chi connectivity index (χ1) is 14.0. The molecule has 150 valence electrons. The second-order valence-corrected chi connectivity index (χ2v) is 7.56. The zero-order chi connectivity index (χ0) is 20.4. The van der Waals surface area contributed by atoms with Gasteiger partial charge in [-0.3, -0.25) is 14.8 Å². The highest BCUT2D eigenvalue weighted by atomic mass is 16.3. The number of aryl methyl sites for hydroxylation is 1. The summed E-state index contributed by atoms with van der Waals surface area (Å²) >= 11 is 0.